The predicted molar refractivity (Wildman–Crippen MR) is 87.0 cm³/mol. The third-order valence-corrected chi connectivity index (χ3v) is 4.44. The minimum atomic E-state index is 0.364. The number of aromatic amines is 1. The highest BCUT2D eigenvalue weighted by Crippen LogP contribution is 2.26. The van der Waals surface area contributed by atoms with Crippen molar-refractivity contribution in [2.75, 3.05) is 6.54 Å². The van der Waals surface area contributed by atoms with E-state index in [0.29, 0.717) is 6.04 Å². The van der Waals surface area contributed by atoms with Crippen molar-refractivity contribution >= 4 is 26.8 Å². The van der Waals surface area contributed by atoms with Gasteiger partial charge in [-0.25, -0.2) is 4.98 Å². The third-order valence-electron chi connectivity index (χ3n) is 3.94. The van der Waals surface area contributed by atoms with E-state index in [4.69, 9.17) is 0 Å². The van der Waals surface area contributed by atoms with E-state index < -0.39 is 0 Å². The molecule has 4 rings (SSSR count). The number of H-pyrrole nitrogens is 1. The van der Waals surface area contributed by atoms with Crippen LogP contribution in [0.25, 0.3) is 22.2 Å². The van der Waals surface area contributed by atoms with E-state index in [9.17, 15) is 0 Å². The number of benzene rings is 1. The summed E-state index contributed by atoms with van der Waals surface area (Å²) in [5.41, 5.74) is 3.09. The largest absolute Gasteiger partial charge is 0.341 e. The number of fused-ring (bicyclic) bond motifs is 1. The van der Waals surface area contributed by atoms with Crippen LogP contribution in [-0.4, -0.2) is 21.5 Å². The Morgan fingerprint density at radius 2 is 2.10 bits per heavy atom. The smallest absolute Gasteiger partial charge is 0.123 e. The monoisotopic (exact) mass is 342 g/mol. The average molecular weight is 343 g/mol. The highest BCUT2D eigenvalue weighted by molar-refractivity contribution is 9.10. The molecule has 1 saturated heterocycles. The molecule has 5 heteroatoms. The molecule has 21 heavy (non-hydrogen) atoms. The summed E-state index contributed by atoms with van der Waals surface area (Å²) in [6, 6.07) is 8.65. The normalized spacial score (nSPS) is 18.4. The Labute approximate surface area is 131 Å². The van der Waals surface area contributed by atoms with E-state index in [1.807, 2.05) is 24.5 Å². The molecule has 3 heterocycles. The summed E-state index contributed by atoms with van der Waals surface area (Å²) in [6.45, 7) is 1.08. The van der Waals surface area contributed by atoms with Gasteiger partial charge in [-0.3, -0.25) is 4.98 Å². The van der Waals surface area contributed by atoms with E-state index in [-0.39, 0.29) is 0 Å². The van der Waals surface area contributed by atoms with Crippen molar-refractivity contribution in [3.63, 3.8) is 0 Å². The van der Waals surface area contributed by atoms with Gasteiger partial charge in [0.15, 0.2) is 0 Å². The maximum atomic E-state index is 4.53. The molecule has 1 atom stereocenters. The molecule has 0 radical (unpaired) electrons. The van der Waals surface area contributed by atoms with Crippen molar-refractivity contribution in [1.82, 2.24) is 20.3 Å². The molecule has 3 aromatic rings. The van der Waals surface area contributed by atoms with Gasteiger partial charge in [0.25, 0.3) is 0 Å². The minimum absolute atomic E-state index is 0.364. The van der Waals surface area contributed by atoms with Crippen molar-refractivity contribution in [2.24, 2.45) is 0 Å². The van der Waals surface area contributed by atoms with Crippen molar-refractivity contribution in [2.45, 2.75) is 18.9 Å². The number of hydrogen-bond donors (Lipinski definition) is 2. The standard InChI is InChI=1S/C16H15BrN4/c17-12-4-3-10-6-11(8-19-14(10)7-12)15-9-20-16(21-15)13-2-1-5-18-13/h3-4,6-9,13,18H,1-2,5H2,(H,20,21)/t13-/m0/s1. The molecule has 0 amide bonds. The van der Waals surface area contributed by atoms with Crippen LogP contribution in [-0.2, 0) is 0 Å². The molecule has 0 aliphatic carbocycles. The van der Waals surface area contributed by atoms with E-state index >= 15 is 0 Å². The Bertz CT molecular complexity index is 790. The van der Waals surface area contributed by atoms with Crippen LogP contribution in [0.3, 0.4) is 0 Å². The summed E-state index contributed by atoms with van der Waals surface area (Å²) in [5, 5.41) is 4.59. The number of halogens is 1. The second-order valence-electron chi connectivity index (χ2n) is 5.39. The van der Waals surface area contributed by atoms with Gasteiger partial charge in [-0.15, -0.1) is 0 Å². The summed E-state index contributed by atoms with van der Waals surface area (Å²) in [4.78, 5) is 12.5. The van der Waals surface area contributed by atoms with Gasteiger partial charge in [-0.2, -0.15) is 0 Å². The molecule has 0 bridgehead atoms. The lowest BCUT2D eigenvalue weighted by Crippen LogP contribution is -2.14. The van der Waals surface area contributed by atoms with Crippen molar-refractivity contribution in [3.8, 4) is 11.3 Å². The first kappa shape index (κ1) is 13.0. The molecular formula is C16H15BrN4. The van der Waals surface area contributed by atoms with Gasteiger partial charge in [-0.05, 0) is 37.6 Å². The van der Waals surface area contributed by atoms with Crippen molar-refractivity contribution < 1.29 is 0 Å². The second kappa shape index (κ2) is 5.24. The topological polar surface area (TPSA) is 53.6 Å². The van der Waals surface area contributed by atoms with E-state index in [2.05, 4.69) is 48.3 Å². The minimum Gasteiger partial charge on any atom is -0.341 e. The predicted octanol–water partition coefficient (Wildman–Crippen LogP) is 3.81. The fourth-order valence-electron chi connectivity index (χ4n) is 2.82. The SMILES string of the molecule is Brc1ccc2cc(-c3cnc([C@@H]4CCCN4)[nH]3)cnc2c1. The number of pyridine rings is 1. The molecule has 2 N–H and O–H groups in total. The zero-order valence-corrected chi connectivity index (χ0v) is 13.0. The lowest BCUT2D eigenvalue weighted by atomic mass is 10.1. The molecule has 0 unspecified atom stereocenters. The Balaban J connectivity index is 1.71. The zero-order chi connectivity index (χ0) is 14.2. The molecule has 1 aliphatic heterocycles. The summed E-state index contributed by atoms with van der Waals surface area (Å²) in [6.07, 6.45) is 6.16. The molecule has 4 nitrogen and oxygen atoms in total. The molecule has 106 valence electrons. The van der Waals surface area contributed by atoms with E-state index in [0.717, 1.165) is 45.4 Å². The molecule has 1 aliphatic rings. The first-order valence-electron chi connectivity index (χ1n) is 7.13. The van der Waals surface area contributed by atoms with Crippen LogP contribution in [0.5, 0.6) is 0 Å². The Morgan fingerprint density at radius 3 is 2.95 bits per heavy atom. The van der Waals surface area contributed by atoms with Crippen LogP contribution < -0.4 is 5.32 Å². The lowest BCUT2D eigenvalue weighted by Gasteiger charge is -2.05. The summed E-state index contributed by atoms with van der Waals surface area (Å²) < 4.78 is 1.05. The molecule has 1 aromatic carbocycles. The maximum Gasteiger partial charge on any atom is 0.123 e. The Kier molecular flexibility index (Phi) is 3.24. The van der Waals surface area contributed by atoms with Gasteiger partial charge >= 0.3 is 0 Å². The number of nitrogens with zero attached hydrogens (tertiary/aromatic N) is 2. The Morgan fingerprint density at radius 1 is 1.14 bits per heavy atom. The van der Waals surface area contributed by atoms with Crippen LogP contribution in [0.15, 0.2) is 41.1 Å². The maximum absolute atomic E-state index is 4.53. The highest BCUT2D eigenvalue weighted by Gasteiger charge is 2.19. The molecule has 0 saturated carbocycles. The first-order chi connectivity index (χ1) is 10.3. The lowest BCUT2D eigenvalue weighted by molar-refractivity contribution is 0.613. The highest BCUT2D eigenvalue weighted by atomic mass is 79.9. The Hall–Kier alpha value is -1.72. The molecular weight excluding hydrogens is 328 g/mol. The van der Waals surface area contributed by atoms with Gasteiger partial charge in [0.1, 0.15) is 5.82 Å². The molecule has 2 aromatic heterocycles. The van der Waals surface area contributed by atoms with Crippen LogP contribution >= 0.6 is 15.9 Å². The quantitative estimate of drug-likeness (QED) is 0.744. The number of nitrogens with one attached hydrogen (secondary N) is 2. The number of imidazole rings is 1. The first-order valence-corrected chi connectivity index (χ1v) is 7.93. The molecule has 0 spiro atoms. The third kappa shape index (κ3) is 2.47. The van der Waals surface area contributed by atoms with Crippen LogP contribution in [0.4, 0.5) is 0 Å². The van der Waals surface area contributed by atoms with Crippen molar-refractivity contribution in [1.29, 1.82) is 0 Å². The fraction of sp³-hybridized carbons (Fsp3) is 0.250. The molecule has 1 fully saturated rings. The average Bonchev–Trinajstić information content (AvgIpc) is 3.17. The zero-order valence-electron chi connectivity index (χ0n) is 11.4. The van der Waals surface area contributed by atoms with Gasteiger partial charge in [0.2, 0.25) is 0 Å². The van der Waals surface area contributed by atoms with Gasteiger partial charge in [-0.1, -0.05) is 22.0 Å². The van der Waals surface area contributed by atoms with Gasteiger partial charge in [0.05, 0.1) is 23.4 Å². The van der Waals surface area contributed by atoms with Crippen LogP contribution in [0.2, 0.25) is 0 Å². The summed E-state index contributed by atoms with van der Waals surface area (Å²) in [5.74, 6) is 1.03. The van der Waals surface area contributed by atoms with E-state index in [1.54, 1.807) is 0 Å². The summed E-state index contributed by atoms with van der Waals surface area (Å²) in [7, 11) is 0. The number of hydrogen-bond acceptors (Lipinski definition) is 3. The second-order valence-corrected chi connectivity index (χ2v) is 6.31. The summed E-state index contributed by atoms with van der Waals surface area (Å²) >= 11 is 3.47. The van der Waals surface area contributed by atoms with Gasteiger partial charge in [0, 0.05) is 21.6 Å². The van der Waals surface area contributed by atoms with Gasteiger partial charge < -0.3 is 10.3 Å². The number of rotatable bonds is 2. The van der Waals surface area contributed by atoms with Crippen molar-refractivity contribution in [3.05, 3.63) is 47.0 Å². The number of aromatic nitrogens is 3. The van der Waals surface area contributed by atoms with Crippen LogP contribution in [0.1, 0.15) is 24.7 Å². The van der Waals surface area contributed by atoms with Crippen LogP contribution in [0, 0.1) is 0 Å². The fourth-order valence-corrected chi connectivity index (χ4v) is 3.17. The van der Waals surface area contributed by atoms with E-state index in [1.165, 1.54) is 6.42 Å².